The van der Waals surface area contributed by atoms with Gasteiger partial charge in [-0.1, -0.05) is 103 Å². The molecule has 0 saturated carbocycles. The van der Waals surface area contributed by atoms with Crippen LogP contribution in [0.15, 0.2) is 72.8 Å². The van der Waals surface area contributed by atoms with Gasteiger partial charge in [-0.3, -0.25) is 0 Å². The zero-order valence-corrected chi connectivity index (χ0v) is 39.1. The molecule has 0 saturated heterocycles. The molecule has 8 rings (SSSR count). The van der Waals surface area contributed by atoms with Gasteiger partial charge in [0.1, 0.15) is 0 Å². The summed E-state index contributed by atoms with van der Waals surface area (Å²) in [5, 5.41) is 0. The molecule has 6 heteroatoms. The molecule has 0 N–H and O–H groups in total. The van der Waals surface area contributed by atoms with Crippen molar-refractivity contribution in [2.45, 2.75) is 129 Å². The molecule has 0 unspecified atom stereocenters. The molecule has 0 radical (unpaired) electrons. The summed E-state index contributed by atoms with van der Waals surface area (Å²) >= 11 is 3.48. The molecule has 4 aromatic carbocycles. The predicted octanol–water partition coefficient (Wildman–Crippen LogP) is 4.71. The van der Waals surface area contributed by atoms with Gasteiger partial charge in [-0.2, -0.15) is 93.0 Å². The van der Waals surface area contributed by atoms with E-state index in [9.17, 15) is 0 Å². The molecule has 0 bridgehead atoms. The first kappa shape index (κ1) is 44.6. The van der Waals surface area contributed by atoms with Crippen molar-refractivity contribution < 1.29 is 80.6 Å². The number of hydrogen-bond acceptors (Lipinski definition) is 0. The van der Waals surface area contributed by atoms with Gasteiger partial charge in [0.15, 0.2) is 0 Å². The van der Waals surface area contributed by atoms with E-state index in [-0.39, 0.29) is 44.8 Å². The predicted molar refractivity (Wildman–Crippen MR) is 190 cm³/mol. The summed E-state index contributed by atoms with van der Waals surface area (Å²) < 4.78 is 0. The van der Waals surface area contributed by atoms with Crippen molar-refractivity contribution in [1.82, 2.24) is 0 Å². The summed E-state index contributed by atoms with van der Waals surface area (Å²) in [6.45, 7) is 9.23. The van der Waals surface area contributed by atoms with Crippen molar-refractivity contribution in [3.05, 3.63) is 117 Å². The molecule has 0 atom stereocenters. The average Bonchev–Trinajstić information content (AvgIpc) is 3.84. The minimum atomic E-state index is 0. The third kappa shape index (κ3) is 18.0. The van der Waals surface area contributed by atoms with Crippen molar-refractivity contribution in [2.75, 3.05) is 0 Å². The van der Waals surface area contributed by atoms with E-state index in [1.807, 2.05) is 0 Å². The Hall–Kier alpha value is 0.560. The van der Waals surface area contributed by atoms with Gasteiger partial charge >= 0.3 is 83.7 Å². The number of hydrogen-bond donors (Lipinski definition) is 0. The van der Waals surface area contributed by atoms with E-state index in [0.29, 0.717) is 0 Å². The van der Waals surface area contributed by atoms with Crippen molar-refractivity contribution >= 4 is 10.9 Å². The molecule has 0 amide bonds. The number of halogens is 2. The van der Waals surface area contributed by atoms with Gasteiger partial charge < -0.3 is 34.0 Å². The summed E-state index contributed by atoms with van der Waals surface area (Å²) in [5.41, 5.74) is 13.2. The summed E-state index contributed by atoms with van der Waals surface area (Å²) in [7, 11) is 0. The molecule has 0 aliphatic heterocycles. The quantitative estimate of drug-likeness (QED) is 0.177. The summed E-state index contributed by atoms with van der Waals surface area (Å²) in [4.78, 5) is 0. The Morgan fingerprint density at radius 3 is 0.739 bits per heavy atom. The molecule has 0 aromatic heterocycles. The standard InChI is InChI=1S/4C9H11.2C2H6Si.2BrH.2Zr/c4*1-2-5-9-7-3-6-8(9)4-1;2*1-3-2;;;;/h4*3,6-7H,1-2,4-5H2;2*1-2H3;2*1H;;/q4*-1;;;;;2*+2/p-2. The second kappa shape index (κ2) is 26.4. The first-order valence-corrected chi connectivity index (χ1v) is 29.7. The van der Waals surface area contributed by atoms with Crippen LogP contribution < -0.4 is 34.0 Å². The molecule has 248 valence electrons. The molecule has 0 spiro atoms. The molecule has 4 aliphatic carbocycles. The third-order valence-corrected chi connectivity index (χ3v) is 8.60. The molecule has 0 nitrogen and oxygen atoms in total. The van der Waals surface area contributed by atoms with Crippen LogP contribution in [0.1, 0.15) is 95.9 Å². The zero-order chi connectivity index (χ0) is 31.6. The Morgan fingerprint density at radius 2 is 0.565 bits per heavy atom. The zero-order valence-electron chi connectivity index (χ0n) is 29.0. The van der Waals surface area contributed by atoms with E-state index >= 15 is 0 Å². The van der Waals surface area contributed by atoms with Crippen LogP contribution in [0.25, 0.3) is 0 Å². The van der Waals surface area contributed by atoms with Gasteiger partial charge in [0.05, 0.1) is 0 Å². The minimum absolute atomic E-state index is 0. The van der Waals surface area contributed by atoms with E-state index in [0.717, 1.165) is 0 Å². The van der Waals surface area contributed by atoms with Crippen LogP contribution in [-0.2, 0) is 98.0 Å². The Balaban J connectivity index is 0.000000282. The second-order valence-corrected chi connectivity index (χ2v) is 31.9. The molecule has 0 fully saturated rings. The fourth-order valence-electron chi connectivity index (χ4n) is 6.45. The van der Waals surface area contributed by atoms with Gasteiger partial charge in [0, 0.05) is 0 Å². The van der Waals surface area contributed by atoms with Gasteiger partial charge in [-0.25, -0.2) is 24.3 Å². The number of aryl methyl sites for hydroxylation is 8. The average molecular weight is 935 g/mol. The van der Waals surface area contributed by atoms with Gasteiger partial charge in [-0.05, 0) is 0 Å². The van der Waals surface area contributed by atoms with Crippen LogP contribution in [-0.4, -0.2) is 10.9 Å². The molecule has 0 heterocycles. The van der Waals surface area contributed by atoms with Crippen molar-refractivity contribution in [2.24, 2.45) is 0 Å². The van der Waals surface area contributed by atoms with E-state index in [1.165, 1.54) is 103 Å². The monoisotopic (exact) mass is 930 g/mol. The summed E-state index contributed by atoms with van der Waals surface area (Å²) in [5.74, 6) is 0. The van der Waals surface area contributed by atoms with E-state index in [4.69, 9.17) is 0 Å². The molecular formula is C40H56Br2Si2Zr2-2. The number of fused-ring (bicyclic) bond motifs is 4. The van der Waals surface area contributed by atoms with E-state index < -0.39 is 0 Å². The van der Waals surface area contributed by atoms with Gasteiger partial charge in [0.25, 0.3) is 0 Å². The molecular weight excluding hydrogens is 879 g/mol. The van der Waals surface area contributed by atoms with Crippen LogP contribution in [0, 0.1) is 0 Å². The van der Waals surface area contributed by atoms with Crippen LogP contribution in [0.5, 0.6) is 0 Å². The summed E-state index contributed by atoms with van der Waals surface area (Å²) in [6, 6.07) is 26.8. The van der Waals surface area contributed by atoms with Crippen LogP contribution in [0.3, 0.4) is 0 Å². The van der Waals surface area contributed by atoms with Gasteiger partial charge in [0.2, 0.25) is 0 Å². The molecule has 4 aliphatic rings. The second-order valence-electron chi connectivity index (χ2n) is 13.1. The van der Waals surface area contributed by atoms with E-state index in [2.05, 4.69) is 99.0 Å². The van der Waals surface area contributed by atoms with Crippen molar-refractivity contribution in [3.8, 4) is 0 Å². The maximum atomic E-state index is 2.31. The van der Waals surface area contributed by atoms with E-state index in [1.54, 1.807) is 91.2 Å². The number of rotatable bonds is 0. The first-order valence-electron chi connectivity index (χ1n) is 17.3. The maximum absolute atomic E-state index is 2.31. The minimum Gasteiger partial charge on any atom is -1.00 e. The maximum Gasteiger partial charge on any atom is -0.0512 e. The normalized spacial score (nSPS) is 14.8. The molecule has 4 aromatic rings. The first-order chi connectivity index (χ1) is 21.3. The van der Waals surface area contributed by atoms with Crippen LogP contribution in [0.2, 0.25) is 26.2 Å². The van der Waals surface area contributed by atoms with Crippen molar-refractivity contribution in [3.63, 3.8) is 0 Å². The fourth-order valence-corrected chi connectivity index (χ4v) is 6.45. The SMILES string of the molecule is C[Si](C)=[Zr+2].C[Si](C)=[Zr+2].[Br-].[Br-].c1cc2c([cH-]1)CCCC2.c1cc2c([cH-]1)CCCC2.c1cc2c([cH-]1)CCCC2.c1cc2c([cH-]1)CCCC2. The molecule has 46 heavy (non-hydrogen) atoms. The Bertz CT molecular complexity index is 1090. The van der Waals surface area contributed by atoms with Crippen LogP contribution in [0.4, 0.5) is 0 Å². The van der Waals surface area contributed by atoms with Crippen molar-refractivity contribution in [1.29, 1.82) is 0 Å². The Kier molecular flexibility index (Phi) is 25.6. The third-order valence-electron chi connectivity index (χ3n) is 8.60. The fraction of sp³-hybridized carbons (Fsp3) is 0.500. The van der Waals surface area contributed by atoms with Crippen LogP contribution >= 0.6 is 0 Å². The summed E-state index contributed by atoms with van der Waals surface area (Å²) in [6.07, 6.45) is 21.8. The Morgan fingerprint density at radius 1 is 0.391 bits per heavy atom. The smallest absolute Gasteiger partial charge is 0.0512 e. The largest absolute Gasteiger partial charge is 1.00 e. The Labute approximate surface area is 334 Å². The van der Waals surface area contributed by atoms with Gasteiger partial charge in [-0.15, -0.1) is 0 Å². The topological polar surface area (TPSA) is 0 Å².